The Morgan fingerprint density at radius 3 is 2.54 bits per heavy atom. The number of hydrogen-bond acceptors (Lipinski definition) is 6. The monoisotopic (exact) mass is 403 g/mol. The Morgan fingerprint density at radius 2 is 1.89 bits per heavy atom. The van der Waals surface area contributed by atoms with E-state index >= 15 is 0 Å². The summed E-state index contributed by atoms with van der Waals surface area (Å²) in [6.07, 6.45) is 0. The second kappa shape index (κ2) is 7.47. The molecule has 0 aliphatic heterocycles. The highest BCUT2D eigenvalue weighted by molar-refractivity contribution is 7.92. The van der Waals surface area contributed by atoms with E-state index in [0.29, 0.717) is 11.5 Å². The van der Waals surface area contributed by atoms with E-state index in [1.54, 1.807) is 13.0 Å². The van der Waals surface area contributed by atoms with Crippen molar-refractivity contribution in [2.75, 3.05) is 5.32 Å². The zero-order valence-electron chi connectivity index (χ0n) is 15.4. The topological polar surface area (TPSA) is 107 Å². The summed E-state index contributed by atoms with van der Waals surface area (Å²) in [5, 5.41) is 12.8. The molecule has 2 aromatic carbocycles. The summed E-state index contributed by atoms with van der Waals surface area (Å²) in [6.45, 7) is 4.73. The lowest BCUT2D eigenvalue weighted by Crippen LogP contribution is -2.21. The molecule has 0 aliphatic rings. The molecule has 1 heterocycles. The van der Waals surface area contributed by atoms with E-state index in [1.807, 2.05) is 0 Å². The van der Waals surface area contributed by atoms with Crippen molar-refractivity contribution in [1.82, 2.24) is 20.2 Å². The van der Waals surface area contributed by atoms with Crippen LogP contribution in [0, 0.1) is 12.7 Å². The molecule has 8 nitrogen and oxygen atoms in total. The molecule has 1 N–H and O–H groups in total. The average molecular weight is 403 g/mol. The summed E-state index contributed by atoms with van der Waals surface area (Å²) >= 11 is 0. The molecule has 0 bridgehead atoms. The third-order valence-electron chi connectivity index (χ3n) is 4.13. The second-order valence-corrected chi connectivity index (χ2v) is 8.82. The van der Waals surface area contributed by atoms with Crippen molar-refractivity contribution < 1.29 is 17.6 Å². The Kier molecular flexibility index (Phi) is 5.23. The number of hydrogen-bond donors (Lipinski definition) is 1. The van der Waals surface area contributed by atoms with Crippen molar-refractivity contribution >= 4 is 21.4 Å². The van der Waals surface area contributed by atoms with Gasteiger partial charge in [-0.05, 0) is 61.5 Å². The van der Waals surface area contributed by atoms with Crippen molar-refractivity contribution in [3.8, 4) is 5.69 Å². The van der Waals surface area contributed by atoms with Gasteiger partial charge >= 0.3 is 0 Å². The number of aryl methyl sites for hydroxylation is 1. The molecule has 1 amide bonds. The summed E-state index contributed by atoms with van der Waals surface area (Å²) in [5.41, 5.74) is 0.274. The minimum absolute atomic E-state index is 0.0559. The van der Waals surface area contributed by atoms with E-state index in [9.17, 15) is 17.6 Å². The van der Waals surface area contributed by atoms with Crippen LogP contribution in [0.1, 0.15) is 30.0 Å². The predicted octanol–water partition coefficient (Wildman–Crippen LogP) is 2.54. The van der Waals surface area contributed by atoms with Gasteiger partial charge in [0.05, 0.1) is 27.1 Å². The fourth-order valence-corrected chi connectivity index (χ4v) is 3.80. The number of rotatable bonds is 5. The molecular weight excluding hydrogens is 385 g/mol. The van der Waals surface area contributed by atoms with Crippen LogP contribution >= 0.6 is 0 Å². The third-order valence-corrected chi connectivity index (χ3v) is 6.34. The Morgan fingerprint density at radius 1 is 1.18 bits per heavy atom. The van der Waals surface area contributed by atoms with Crippen molar-refractivity contribution in [2.45, 2.75) is 30.9 Å². The van der Waals surface area contributed by atoms with E-state index in [-0.39, 0.29) is 16.1 Å². The quantitative estimate of drug-likeness (QED) is 0.702. The number of anilines is 1. The molecule has 0 unspecified atom stereocenters. The number of nitrogens with zero attached hydrogens (tertiary/aromatic N) is 4. The van der Waals surface area contributed by atoms with E-state index < -0.39 is 26.8 Å². The maximum absolute atomic E-state index is 14.3. The molecule has 10 heteroatoms. The van der Waals surface area contributed by atoms with Crippen molar-refractivity contribution in [3.05, 3.63) is 59.7 Å². The SMILES string of the molecule is Cc1nnnn1-c1ccc(F)c(NC(=O)c2ccccc2S(=O)(=O)C(C)C)c1. The largest absolute Gasteiger partial charge is 0.319 e. The van der Waals surface area contributed by atoms with Crippen LogP contribution in [-0.4, -0.2) is 39.8 Å². The first-order valence-electron chi connectivity index (χ1n) is 8.41. The van der Waals surface area contributed by atoms with Gasteiger partial charge in [0, 0.05) is 0 Å². The van der Waals surface area contributed by atoms with Gasteiger partial charge in [0.1, 0.15) is 5.82 Å². The van der Waals surface area contributed by atoms with Gasteiger partial charge in [0.2, 0.25) is 0 Å². The normalized spacial score (nSPS) is 11.6. The molecule has 0 atom stereocenters. The summed E-state index contributed by atoms with van der Waals surface area (Å²) in [6, 6.07) is 9.84. The zero-order valence-corrected chi connectivity index (χ0v) is 16.2. The fourth-order valence-electron chi connectivity index (χ4n) is 2.56. The summed E-state index contributed by atoms with van der Waals surface area (Å²) in [7, 11) is -3.69. The fraction of sp³-hybridized carbons (Fsp3) is 0.222. The van der Waals surface area contributed by atoms with Gasteiger partial charge in [-0.2, -0.15) is 4.68 Å². The molecule has 3 rings (SSSR count). The lowest BCUT2D eigenvalue weighted by atomic mass is 10.2. The molecule has 1 aromatic heterocycles. The number of carbonyl (C=O) groups excluding carboxylic acids is 1. The van der Waals surface area contributed by atoms with E-state index in [4.69, 9.17) is 0 Å². The van der Waals surface area contributed by atoms with Crippen LogP contribution in [0.2, 0.25) is 0 Å². The van der Waals surface area contributed by atoms with Crippen LogP contribution in [0.3, 0.4) is 0 Å². The number of benzene rings is 2. The molecule has 146 valence electrons. The van der Waals surface area contributed by atoms with Crippen molar-refractivity contribution in [1.29, 1.82) is 0 Å². The number of halogens is 1. The summed E-state index contributed by atoms with van der Waals surface area (Å²) in [4.78, 5) is 12.6. The number of tetrazole rings is 1. The predicted molar refractivity (Wildman–Crippen MR) is 101 cm³/mol. The van der Waals surface area contributed by atoms with E-state index in [2.05, 4.69) is 20.8 Å². The number of sulfone groups is 1. The number of nitrogens with one attached hydrogen (secondary N) is 1. The summed E-state index contributed by atoms with van der Waals surface area (Å²) < 4.78 is 40.7. The highest BCUT2D eigenvalue weighted by Crippen LogP contribution is 2.24. The van der Waals surface area contributed by atoms with Crippen LogP contribution in [0.4, 0.5) is 10.1 Å². The maximum atomic E-state index is 14.3. The van der Waals surface area contributed by atoms with Gasteiger partial charge in [0.25, 0.3) is 5.91 Å². The van der Waals surface area contributed by atoms with Crippen LogP contribution < -0.4 is 5.32 Å². The molecule has 0 saturated carbocycles. The Labute approximate surface area is 161 Å². The van der Waals surface area contributed by atoms with Gasteiger partial charge in [-0.25, -0.2) is 12.8 Å². The Balaban J connectivity index is 1.98. The number of carbonyl (C=O) groups is 1. The highest BCUT2D eigenvalue weighted by atomic mass is 32.2. The van der Waals surface area contributed by atoms with Gasteiger partial charge in [-0.15, -0.1) is 5.10 Å². The first-order chi connectivity index (χ1) is 13.2. The van der Waals surface area contributed by atoms with Gasteiger partial charge in [0.15, 0.2) is 15.7 Å². The van der Waals surface area contributed by atoms with Gasteiger partial charge < -0.3 is 5.32 Å². The minimum atomic E-state index is -3.69. The van der Waals surface area contributed by atoms with Crippen LogP contribution in [0.5, 0.6) is 0 Å². The van der Waals surface area contributed by atoms with E-state index in [0.717, 1.165) is 0 Å². The molecule has 0 radical (unpaired) electrons. The average Bonchev–Trinajstić information content (AvgIpc) is 3.09. The molecule has 3 aromatic rings. The number of amides is 1. The first kappa shape index (κ1) is 19.6. The standard InChI is InChI=1S/C18H18FN5O3S/c1-11(2)28(26,27)17-7-5-4-6-14(17)18(25)20-16-10-13(8-9-15(16)19)24-12(3)21-22-23-24/h4-11H,1-3H3,(H,20,25). The minimum Gasteiger partial charge on any atom is -0.319 e. The summed E-state index contributed by atoms with van der Waals surface area (Å²) in [5.74, 6) is -0.923. The first-order valence-corrected chi connectivity index (χ1v) is 9.95. The molecule has 0 fully saturated rings. The lowest BCUT2D eigenvalue weighted by Gasteiger charge is -2.14. The van der Waals surface area contributed by atoms with Crippen LogP contribution in [-0.2, 0) is 9.84 Å². The molecule has 0 spiro atoms. The molecule has 0 saturated heterocycles. The van der Waals surface area contributed by atoms with Gasteiger partial charge in [-0.3, -0.25) is 4.79 Å². The Hall–Kier alpha value is -3.14. The highest BCUT2D eigenvalue weighted by Gasteiger charge is 2.25. The molecule has 28 heavy (non-hydrogen) atoms. The van der Waals surface area contributed by atoms with Gasteiger partial charge in [-0.1, -0.05) is 12.1 Å². The molecular formula is C18H18FN5O3S. The third kappa shape index (κ3) is 3.63. The van der Waals surface area contributed by atoms with Crippen LogP contribution in [0.15, 0.2) is 47.4 Å². The second-order valence-electron chi connectivity index (χ2n) is 6.35. The molecule has 0 aliphatic carbocycles. The van der Waals surface area contributed by atoms with Crippen molar-refractivity contribution in [2.24, 2.45) is 0 Å². The Bertz CT molecular complexity index is 1140. The number of aromatic nitrogens is 4. The van der Waals surface area contributed by atoms with Crippen LogP contribution in [0.25, 0.3) is 5.69 Å². The maximum Gasteiger partial charge on any atom is 0.257 e. The zero-order chi connectivity index (χ0) is 20.5. The smallest absolute Gasteiger partial charge is 0.257 e. The van der Waals surface area contributed by atoms with Crippen molar-refractivity contribution in [3.63, 3.8) is 0 Å². The lowest BCUT2D eigenvalue weighted by molar-refractivity contribution is 0.102. The van der Waals surface area contributed by atoms with E-state index in [1.165, 1.54) is 54.9 Å².